The van der Waals surface area contributed by atoms with Crippen LogP contribution in [-0.4, -0.2) is 11.3 Å². The molecule has 2 aliphatic rings. The first-order valence-corrected chi connectivity index (χ1v) is 10.8. The quantitative estimate of drug-likeness (QED) is 0.339. The lowest BCUT2D eigenvalue weighted by Gasteiger charge is -2.41. The first kappa shape index (κ1) is 16.5. The van der Waals surface area contributed by atoms with Crippen molar-refractivity contribution in [1.82, 2.24) is 4.57 Å². The molecule has 1 aromatic heterocycles. The monoisotopic (exact) mass is 383 g/mol. The van der Waals surface area contributed by atoms with Crippen LogP contribution >= 0.6 is 0 Å². The molecule has 7 rings (SSSR count). The zero-order valence-corrected chi connectivity index (χ0v) is 17.5. The SMILES string of the molecule is Cc1ccc2c3c1c1ccccc1n3-c1cccc3c1B2c1ccccc1C3(C)C. The lowest BCUT2D eigenvalue weighted by Crippen LogP contribution is -2.63. The molecule has 1 nitrogen and oxygen atoms in total. The maximum atomic E-state index is 2.53. The van der Waals surface area contributed by atoms with Crippen molar-refractivity contribution in [3.05, 3.63) is 95.6 Å². The van der Waals surface area contributed by atoms with Crippen LogP contribution in [0.15, 0.2) is 78.9 Å². The number of rotatable bonds is 0. The summed E-state index contributed by atoms with van der Waals surface area (Å²) in [5, 5.41) is 2.76. The fourth-order valence-electron chi connectivity index (χ4n) is 6.31. The summed E-state index contributed by atoms with van der Waals surface area (Å²) in [6, 6.07) is 29.6. The summed E-state index contributed by atoms with van der Waals surface area (Å²) in [7, 11) is 0. The zero-order chi connectivity index (χ0) is 20.2. The van der Waals surface area contributed by atoms with E-state index in [9.17, 15) is 0 Å². The standard InChI is InChI=1S/C28H22BN/c1-17-15-16-22-27-25(17)18-9-4-7-13-23(18)30(27)24-14-8-11-20-26(24)29(22)21-12-6-5-10-19(21)28(20,2)3/h4-16H,1-3H3. The van der Waals surface area contributed by atoms with Crippen molar-refractivity contribution in [1.29, 1.82) is 0 Å². The Morgan fingerprint density at radius 1 is 0.733 bits per heavy atom. The van der Waals surface area contributed by atoms with Crippen LogP contribution in [0.25, 0.3) is 27.5 Å². The average molecular weight is 383 g/mol. The van der Waals surface area contributed by atoms with Gasteiger partial charge in [-0.1, -0.05) is 86.0 Å². The van der Waals surface area contributed by atoms with Gasteiger partial charge in [0.2, 0.25) is 6.71 Å². The van der Waals surface area contributed by atoms with Crippen molar-refractivity contribution in [2.75, 3.05) is 0 Å². The van der Waals surface area contributed by atoms with E-state index < -0.39 is 0 Å². The van der Waals surface area contributed by atoms with Gasteiger partial charge in [-0.3, -0.25) is 0 Å². The second kappa shape index (κ2) is 5.26. The third-order valence-electron chi connectivity index (χ3n) is 7.60. The summed E-state index contributed by atoms with van der Waals surface area (Å²) < 4.78 is 2.53. The van der Waals surface area contributed by atoms with Crippen molar-refractivity contribution in [2.24, 2.45) is 0 Å². The van der Waals surface area contributed by atoms with Crippen molar-refractivity contribution < 1.29 is 0 Å². The fraction of sp³-hybridized carbons (Fsp3) is 0.143. The lowest BCUT2D eigenvalue weighted by atomic mass is 9.30. The molecule has 0 saturated heterocycles. The Morgan fingerprint density at radius 3 is 2.40 bits per heavy atom. The maximum absolute atomic E-state index is 2.53. The predicted molar refractivity (Wildman–Crippen MR) is 129 cm³/mol. The smallest absolute Gasteiger partial charge is 0.247 e. The van der Waals surface area contributed by atoms with E-state index in [-0.39, 0.29) is 5.41 Å². The van der Waals surface area contributed by atoms with Gasteiger partial charge >= 0.3 is 0 Å². The number of nitrogens with zero attached hydrogens (tertiary/aromatic N) is 1. The number of aromatic nitrogens is 1. The molecule has 142 valence electrons. The van der Waals surface area contributed by atoms with Crippen molar-refractivity contribution >= 4 is 44.9 Å². The molecule has 0 atom stereocenters. The highest BCUT2D eigenvalue weighted by Crippen LogP contribution is 2.39. The Labute approximate surface area is 177 Å². The van der Waals surface area contributed by atoms with Gasteiger partial charge in [0.1, 0.15) is 0 Å². The normalized spacial score (nSPS) is 15.4. The Kier molecular flexibility index (Phi) is 2.90. The lowest BCUT2D eigenvalue weighted by molar-refractivity contribution is 0.645. The second-order valence-electron chi connectivity index (χ2n) is 9.43. The number of hydrogen-bond acceptors (Lipinski definition) is 0. The van der Waals surface area contributed by atoms with Crippen LogP contribution in [0.1, 0.15) is 30.5 Å². The molecule has 2 heteroatoms. The van der Waals surface area contributed by atoms with Crippen LogP contribution in [0, 0.1) is 6.92 Å². The first-order valence-electron chi connectivity index (χ1n) is 10.8. The van der Waals surface area contributed by atoms with Gasteiger partial charge < -0.3 is 4.57 Å². The topological polar surface area (TPSA) is 4.93 Å². The predicted octanol–water partition coefficient (Wildman–Crippen LogP) is 4.56. The Hall–Kier alpha value is -3.26. The molecule has 0 N–H and O–H groups in total. The van der Waals surface area contributed by atoms with Crippen LogP contribution in [0.3, 0.4) is 0 Å². The number of hydrogen-bond donors (Lipinski definition) is 0. The Morgan fingerprint density at radius 2 is 1.50 bits per heavy atom. The van der Waals surface area contributed by atoms with Gasteiger partial charge in [0.25, 0.3) is 0 Å². The summed E-state index contributed by atoms with van der Waals surface area (Å²) >= 11 is 0. The molecule has 0 bridgehead atoms. The van der Waals surface area contributed by atoms with Crippen LogP contribution in [0.5, 0.6) is 0 Å². The molecule has 0 saturated carbocycles. The molecule has 0 unspecified atom stereocenters. The minimum atomic E-state index is -0.0112. The summed E-state index contributed by atoms with van der Waals surface area (Å²) in [5.41, 5.74) is 12.7. The van der Waals surface area contributed by atoms with Gasteiger partial charge in [-0.15, -0.1) is 0 Å². The van der Waals surface area contributed by atoms with E-state index in [0.29, 0.717) is 6.71 Å². The molecular weight excluding hydrogens is 361 g/mol. The van der Waals surface area contributed by atoms with Gasteiger partial charge in [0.05, 0.1) is 5.52 Å². The van der Waals surface area contributed by atoms with Gasteiger partial charge in [-0.2, -0.15) is 0 Å². The van der Waals surface area contributed by atoms with Crippen molar-refractivity contribution in [3.63, 3.8) is 0 Å². The molecule has 5 aromatic rings. The maximum Gasteiger partial charge on any atom is 0.247 e. The fourth-order valence-corrected chi connectivity index (χ4v) is 6.31. The van der Waals surface area contributed by atoms with E-state index >= 15 is 0 Å². The van der Waals surface area contributed by atoms with Gasteiger partial charge in [0, 0.05) is 27.4 Å². The van der Waals surface area contributed by atoms with Gasteiger partial charge in [0.15, 0.2) is 0 Å². The second-order valence-corrected chi connectivity index (χ2v) is 9.43. The zero-order valence-electron chi connectivity index (χ0n) is 17.5. The van der Waals surface area contributed by atoms with E-state index in [1.165, 1.54) is 60.6 Å². The minimum absolute atomic E-state index is 0.0112. The van der Waals surface area contributed by atoms with Gasteiger partial charge in [-0.25, -0.2) is 0 Å². The van der Waals surface area contributed by atoms with Crippen molar-refractivity contribution in [3.8, 4) is 5.69 Å². The number of para-hydroxylation sites is 1. The van der Waals surface area contributed by atoms with E-state index in [1.54, 1.807) is 0 Å². The van der Waals surface area contributed by atoms with Gasteiger partial charge in [-0.05, 0) is 46.7 Å². The number of benzene rings is 4. The third kappa shape index (κ3) is 1.73. The molecule has 0 aliphatic carbocycles. The molecule has 30 heavy (non-hydrogen) atoms. The first-order chi connectivity index (χ1) is 14.6. The molecule has 0 radical (unpaired) electrons. The Bertz CT molecular complexity index is 1540. The molecule has 0 amide bonds. The summed E-state index contributed by atoms with van der Waals surface area (Å²) in [5.74, 6) is 0. The molecule has 3 heterocycles. The van der Waals surface area contributed by atoms with E-state index in [1.807, 2.05) is 0 Å². The van der Waals surface area contributed by atoms with Crippen molar-refractivity contribution in [2.45, 2.75) is 26.2 Å². The molecule has 0 spiro atoms. The van der Waals surface area contributed by atoms with E-state index in [4.69, 9.17) is 0 Å². The number of fused-ring (bicyclic) bond motifs is 7. The largest absolute Gasteiger partial charge is 0.310 e. The minimum Gasteiger partial charge on any atom is -0.310 e. The summed E-state index contributed by atoms with van der Waals surface area (Å²) in [6.07, 6.45) is 0. The van der Waals surface area contributed by atoms with Crippen LogP contribution in [0.4, 0.5) is 0 Å². The highest BCUT2D eigenvalue weighted by Gasteiger charge is 2.44. The highest BCUT2D eigenvalue weighted by molar-refractivity contribution is 6.99. The molecule has 4 aromatic carbocycles. The molecule has 0 fully saturated rings. The van der Waals surface area contributed by atoms with Crippen LogP contribution in [-0.2, 0) is 5.41 Å². The Balaban J connectivity index is 1.78. The average Bonchev–Trinajstić information content (AvgIpc) is 3.12. The number of aryl methyl sites for hydroxylation is 1. The summed E-state index contributed by atoms with van der Waals surface area (Å²) in [4.78, 5) is 0. The third-order valence-corrected chi connectivity index (χ3v) is 7.60. The van der Waals surface area contributed by atoms with E-state index in [0.717, 1.165) is 0 Å². The molecular formula is C28H22BN. The van der Waals surface area contributed by atoms with Crippen LogP contribution in [0.2, 0.25) is 0 Å². The highest BCUT2D eigenvalue weighted by atomic mass is 15.0. The van der Waals surface area contributed by atoms with Crippen LogP contribution < -0.4 is 16.4 Å². The molecule has 2 aliphatic heterocycles. The summed E-state index contributed by atoms with van der Waals surface area (Å²) in [6.45, 7) is 7.30. The van der Waals surface area contributed by atoms with E-state index in [2.05, 4.69) is 104 Å².